The van der Waals surface area contributed by atoms with Crippen molar-refractivity contribution in [2.75, 3.05) is 6.54 Å². The fraction of sp³-hybridized carbons (Fsp3) is 0.688. The first kappa shape index (κ1) is 14.3. The second kappa shape index (κ2) is 6.38. The SMILES string of the molecule is CCNCc1ccncc1OC1CCC(C)(C)CC1. The number of nitrogens with zero attached hydrogens (tertiary/aromatic N) is 1. The van der Waals surface area contributed by atoms with E-state index in [1.54, 1.807) is 0 Å². The molecule has 0 spiro atoms. The molecule has 1 saturated carbocycles. The quantitative estimate of drug-likeness (QED) is 0.881. The Morgan fingerprint density at radius 1 is 1.37 bits per heavy atom. The highest BCUT2D eigenvalue weighted by molar-refractivity contribution is 5.29. The van der Waals surface area contributed by atoms with E-state index in [1.165, 1.54) is 18.4 Å². The van der Waals surface area contributed by atoms with Gasteiger partial charge in [-0.25, -0.2) is 0 Å². The number of hydrogen-bond acceptors (Lipinski definition) is 3. The Hall–Kier alpha value is -1.09. The van der Waals surface area contributed by atoms with Crippen LogP contribution in [0.25, 0.3) is 0 Å². The summed E-state index contributed by atoms with van der Waals surface area (Å²) >= 11 is 0. The molecule has 3 nitrogen and oxygen atoms in total. The van der Waals surface area contributed by atoms with E-state index < -0.39 is 0 Å². The fourth-order valence-electron chi connectivity index (χ4n) is 2.59. The van der Waals surface area contributed by atoms with Crippen LogP contribution in [0.4, 0.5) is 0 Å². The third-order valence-corrected chi connectivity index (χ3v) is 4.02. The molecule has 1 aromatic heterocycles. The zero-order valence-electron chi connectivity index (χ0n) is 12.4. The molecular weight excluding hydrogens is 236 g/mol. The number of hydrogen-bond donors (Lipinski definition) is 1. The molecule has 1 N–H and O–H groups in total. The number of rotatable bonds is 5. The van der Waals surface area contributed by atoms with Gasteiger partial charge in [-0.15, -0.1) is 0 Å². The van der Waals surface area contributed by atoms with Crippen molar-refractivity contribution in [2.24, 2.45) is 5.41 Å². The van der Waals surface area contributed by atoms with Gasteiger partial charge in [-0.05, 0) is 43.7 Å². The van der Waals surface area contributed by atoms with Crippen molar-refractivity contribution in [1.82, 2.24) is 10.3 Å². The van der Waals surface area contributed by atoms with Crippen LogP contribution in [0.3, 0.4) is 0 Å². The molecule has 106 valence electrons. The molecule has 19 heavy (non-hydrogen) atoms. The Morgan fingerprint density at radius 2 is 2.11 bits per heavy atom. The molecule has 0 saturated heterocycles. The highest BCUT2D eigenvalue weighted by atomic mass is 16.5. The van der Waals surface area contributed by atoms with Crippen LogP contribution in [-0.4, -0.2) is 17.6 Å². The summed E-state index contributed by atoms with van der Waals surface area (Å²) in [6.07, 6.45) is 8.86. The summed E-state index contributed by atoms with van der Waals surface area (Å²) in [7, 11) is 0. The minimum absolute atomic E-state index is 0.359. The molecule has 0 amide bonds. The van der Waals surface area contributed by atoms with E-state index in [2.05, 4.69) is 31.1 Å². The van der Waals surface area contributed by atoms with Gasteiger partial charge in [0.1, 0.15) is 5.75 Å². The maximum atomic E-state index is 6.17. The third kappa shape index (κ3) is 4.20. The van der Waals surface area contributed by atoms with Gasteiger partial charge in [0, 0.05) is 18.3 Å². The summed E-state index contributed by atoms with van der Waals surface area (Å²) in [5.41, 5.74) is 1.70. The zero-order valence-corrected chi connectivity index (χ0v) is 12.4. The smallest absolute Gasteiger partial charge is 0.142 e. The second-order valence-electron chi connectivity index (χ2n) is 6.25. The topological polar surface area (TPSA) is 34.2 Å². The predicted molar refractivity (Wildman–Crippen MR) is 78.3 cm³/mol. The Kier molecular flexibility index (Phi) is 4.81. The lowest BCUT2D eigenvalue weighted by Crippen LogP contribution is -2.28. The van der Waals surface area contributed by atoms with Gasteiger partial charge in [-0.2, -0.15) is 0 Å². The Labute approximate surface area is 116 Å². The first-order valence-electron chi connectivity index (χ1n) is 7.41. The van der Waals surface area contributed by atoms with E-state index in [0.717, 1.165) is 31.7 Å². The monoisotopic (exact) mass is 262 g/mol. The number of nitrogens with one attached hydrogen (secondary N) is 1. The molecule has 0 radical (unpaired) electrons. The van der Waals surface area contributed by atoms with Crippen LogP contribution >= 0.6 is 0 Å². The molecule has 0 aromatic carbocycles. The molecule has 0 unspecified atom stereocenters. The molecule has 1 heterocycles. The van der Waals surface area contributed by atoms with Crippen molar-refractivity contribution in [2.45, 2.75) is 59.1 Å². The highest BCUT2D eigenvalue weighted by Crippen LogP contribution is 2.36. The average Bonchev–Trinajstić information content (AvgIpc) is 2.40. The molecule has 1 aliphatic rings. The van der Waals surface area contributed by atoms with Crippen molar-refractivity contribution in [3.8, 4) is 5.75 Å². The molecule has 0 atom stereocenters. The van der Waals surface area contributed by atoms with Crippen molar-refractivity contribution < 1.29 is 4.74 Å². The molecule has 0 bridgehead atoms. The van der Waals surface area contributed by atoms with Crippen LogP contribution in [0.2, 0.25) is 0 Å². The third-order valence-electron chi connectivity index (χ3n) is 4.02. The molecule has 0 aliphatic heterocycles. The lowest BCUT2D eigenvalue weighted by molar-refractivity contribution is 0.0975. The number of aromatic nitrogens is 1. The minimum atomic E-state index is 0.359. The molecule has 3 heteroatoms. The Balaban J connectivity index is 1.95. The zero-order chi connectivity index (χ0) is 13.7. The second-order valence-corrected chi connectivity index (χ2v) is 6.25. The maximum absolute atomic E-state index is 6.17. The van der Waals surface area contributed by atoms with Crippen LogP contribution in [0.15, 0.2) is 18.5 Å². The summed E-state index contributed by atoms with van der Waals surface area (Å²) in [6.45, 7) is 8.64. The summed E-state index contributed by atoms with van der Waals surface area (Å²) in [4.78, 5) is 4.19. The van der Waals surface area contributed by atoms with Crippen molar-refractivity contribution in [1.29, 1.82) is 0 Å². The lowest BCUT2D eigenvalue weighted by Gasteiger charge is -2.34. The van der Waals surface area contributed by atoms with E-state index in [0.29, 0.717) is 11.5 Å². The molecule has 1 aromatic rings. The van der Waals surface area contributed by atoms with Gasteiger partial charge in [0.2, 0.25) is 0 Å². The fourth-order valence-corrected chi connectivity index (χ4v) is 2.59. The van der Waals surface area contributed by atoms with Crippen molar-refractivity contribution in [3.63, 3.8) is 0 Å². The summed E-state index contributed by atoms with van der Waals surface area (Å²) in [5.74, 6) is 0.952. The van der Waals surface area contributed by atoms with Crippen molar-refractivity contribution >= 4 is 0 Å². The van der Waals surface area contributed by atoms with Crippen LogP contribution in [-0.2, 0) is 6.54 Å². The maximum Gasteiger partial charge on any atom is 0.142 e. The van der Waals surface area contributed by atoms with Crippen LogP contribution in [0.5, 0.6) is 5.75 Å². The first-order valence-corrected chi connectivity index (χ1v) is 7.41. The van der Waals surface area contributed by atoms with Gasteiger partial charge < -0.3 is 10.1 Å². The van der Waals surface area contributed by atoms with E-state index >= 15 is 0 Å². The van der Waals surface area contributed by atoms with E-state index in [9.17, 15) is 0 Å². The molecule has 1 fully saturated rings. The van der Waals surface area contributed by atoms with E-state index in [-0.39, 0.29) is 0 Å². The number of ether oxygens (including phenoxy) is 1. The minimum Gasteiger partial charge on any atom is -0.488 e. The highest BCUT2D eigenvalue weighted by Gasteiger charge is 2.28. The van der Waals surface area contributed by atoms with Gasteiger partial charge in [0.25, 0.3) is 0 Å². The van der Waals surface area contributed by atoms with E-state index in [4.69, 9.17) is 4.74 Å². The van der Waals surface area contributed by atoms with Gasteiger partial charge >= 0.3 is 0 Å². The largest absolute Gasteiger partial charge is 0.488 e. The van der Waals surface area contributed by atoms with Gasteiger partial charge in [-0.3, -0.25) is 4.98 Å². The summed E-state index contributed by atoms with van der Waals surface area (Å²) in [5, 5.41) is 3.35. The van der Waals surface area contributed by atoms with Crippen LogP contribution < -0.4 is 10.1 Å². The van der Waals surface area contributed by atoms with Crippen LogP contribution in [0.1, 0.15) is 52.0 Å². The summed E-state index contributed by atoms with van der Waals surface area (Å²) < 4.78 is 6.17. The van der Waals surface area contributed by atoms with Crippen LogP contribution in [0, 0.1) is 5.41 Å². The van der Waals surface area contributed by atoms with E-state index in [1.807, 2.05) is 18.5 Å². The molecule has 2 rings (SSSR count). The van der Waals surface area contributed by atoms with Gasteiger partial charge in [0.15, 0.2) is 0 Å². The Morgan fingerprint density at radius 3 is 2.79 bits per heavy atom. The standard InChI is InChI=1S/C16H26N2O/c1-4-17-11-13-7-10-18-12-15(13)19-14-5-8-16(2,3)9-6-14/h7,10,12,14,17H,4-6,8-9,11H2,1-3H3. The van der Waals surface area contributed by atoms with Crippen molar-refractivity contribution in [3.05, 3.63) is 24.0 Å². The average molecular weight is 262 g/mol. The molecular formula is C16H26N2O. The lowest BCUT2D eigenvalue weighted by atomic mass is 9.76. The Bertz CT molecular complexity index is 393. The normalized spacial score (nSPS) is 19.3. The molecule has 1 aliphatic carbocycles. The summed E-state index contributed by atoms with van der Waals surface area (Å²) in [6, 6.07) is 2.05. The van der Waals surface area contributed by atoms with Gasteiger partial charge in [-0.1, -0.05) is 20.8 Å². The first-order chi connectivity index (χ1) is 9.11. The number of pyridine rings is 1. The van der Waals surface area contributed by atoms with Gasteiger partial charge in [0.05, 0.1) is 12.3 Å². The predicted octanol–water partition coefficient (Wildman–Crippen LogP) is 3.54.